The van der Waals surface area contributed by atoms with Gasteiger partial charge >= 0.3 is 0 Å². The van der Waals surface area contributed by atoms with E-state index in [1.807, 2.05) is 30.3 Å². The van der Waals surface area contributed by atoms with Crippen LogP contribution >= 0.6 is 23.2 Å². The summed E-state index contributed by atoms with van der Waals surface area (Å²) in [5.41, 5.74) is 2.15. The number of carbonyl (C=O) groups excluding carboxylic acids is 1. The maximum absolute atomic E-state index is 12.3. The third-order valence-electron chi connectivity index (χ3n) is 5.05. The molecule has 2 aromatic rings. The van der Waals surface area contributed by atoms with Gasteiger partial charge in [0.2, 0.25) is 5.91 Å². The van der Waals surface area contributed by atoms with Crippen molar-refractivity contribution in [2.45, 2.75) is 19.6 Å². The summed E-state index contributed by atoms with van der Waals surface area (Å²) in [6, 6.07) is 13.5. The first kappa shape index (κ1) is 21.9. The Morgan fingerprint density at radius 1 is 1.14 bits per heavy atom. The molecule has 0 radical (unpaired) electrons. The molecule has 2 aromatic carbocycles. The molecule has 3 rings (SSSR count). The molecule has 0 spiro atoms. The zero-order valence-electron chi connectivity index (χ0n) is 16.5. The Kier molecular flexibility index (Phi) is 7.78. The minimum absolute atomic E-state index is 0.0625. The lowest BCUT2D eigenvalue weighted by molar-refractivity contribution is -0.140. The summed E-state index contributed by atoms with van der Waals surface area (Å²) < 4.78 is 5.81. The van der Waals surface area contributed by atoms with Crippen LogP contribution in [0.3, 0.4) is 0 Å². The highest BCUT2D eigenvalue weighted by Gasteiger charge is 2.33. The summed E-state index contributed by atoms with van der Waals surface area (Å²) in [6.07, 6.45) is 0.623. The maximum Gasteiger partial charge on any atom is 0.228 e. The zero-order chi connectivity index (χ0) is 20.8. The molecule has 0 aliphatic carbocycles. The number of hydrogen-bond acceptors (Lipinski definition) is 4. The van der Waals surface area contributed by atoms with Crippen molar-refractivity contribution in [2.75, 3.05) is 33.3 Å². The number of halogens is 2. The largest absolute Gasteiger partial charge is 0.489 e. The fraction of sp³-hybridized carbons (Fsp3) is 0.409. The molecule has 0 saturated carbocycles. The average Bonchev–Trinajstić information content (AvgIpc) is 2.69. The van der Waals surface area contributed by atoms with Crippen LogP contribution in [0.15, 0.2) is 42.5 Å². The first-order chi connectivity index (χ1) is 14.0. The van der Waals surface area contributed by atoms with Gasteiger partial charge in [0.25, 0.3) is 0 Å². The fourth-order valence-corrected chi connectivity index (χ4v) is 3.65. The first-order valence-corrected chi connectivity index (χ1v) is 10.5. The van der Waals surface area contributed by atoms with Gasteiger partial charge in [-0.05, 0) is 41.8 Å². The molecule has 0 atom stereocenters. The van der Waals surface area contributed by atoms with E-state index < -0.39 is 0 Å². The van der Waals surface area contributed by atoms with E-state index >= 15 is 0 Å². The molecule has 1 aliphatic rings. The van der Waals surface area contributed by atoms with E-state index in [2.05, 4.69) is 4.90 Å². The van der Waals surface area contributed by atoms with Crippen molar-refractivity contribution in [3.63, 3.8) is 0 Å². The van der Waals surface area contributed by atoms with E-state index in [0.717, 1.165) is 30.9 Å². The molecule has 7 heteroatoms. The lowest BCUT2D eigenvalue weighted by atomic mass is 9.97. The van der Waals surface area contributed by atoms with Crippen molar-refractivity contribution in [1.29, 1.82) is 0 Å². The summed E-state index contributed by atoms with van der Waals surface area (Å²) in [5, 5.41) is 9.94. The van der Waals surface area contributed by atoms with Gasteiger partial charge in [0.1, 0.15) is 12.4 Å². The highest BCUT2D eigenvalue weighted by atomic mass is 35.5. The summed E-state index contributed by atoms with van der Waals surface area (Å²) in [7, 11) is 1.80. The Hall–Kier alpha value is -1.79. The molecule has 29 heavy (non-hydrogen) atoms. The second-order valence-electron chi connectivity index (χ2n) is 7.41. The number of likely N-dealkylation sites (tertiary alicyclic amines) is 1. The molecule has 0 bridgehead atoms. The van der Waals surface area contributed by atoms with Gasteiger partial charge in [0.05, 0.1) is 16.0 Å². The van der Waals surface area contributed by atoms with E-state index in [1.165, 1.54) is 5.56 Å². The highest BCUT2D eigenvalue weighted by Crippen LogP contribution is 2.24. The number of ether oxygens (including phenoxy) is 1. The van der Waals surface area contributed by atoms with E-state index in [9.17, 15) is 4.79 Å². The standard InChI is InChI=1S/C22H26Cl2N2O3/c1-25(9-2-10-27)22(28)18-13-26(14-18)12-16-3-6-19(7-4-16)29-15-17-5-8-20(23)21(24)11-17/h3-8,11,18,27H,2,9-10,12-15H2,1H3. The van der Waals surface area contributed by atoms with Gasteiger partial charge in [-0.3, -0.25) is 9.69 Å². The van der Waals surface area contributed by atoms with E-state index in [1.54, 1.807) is 24.1 Å². The summed E-state index contributed by atoms with van der Waals surface area (Å²) in [5.74, 6) is 1.02. The predicted molar refractivity (Wildman–Crippen MR) is 115 cm³/mol. The van der Waals surface area contributed by atoms with Gasteiger partial charge in [-0.25, -0.2) is 0 Å². The van der Waals surface area contributed by atoms with Crippen LogP contribution < -0.4 is 4.74 Å². The van der Waals surface area contributed by atoms with Gasteiger partial charge in [0.15, 0.2) is 0 Å². The molecule has 0 unspecified atom stereocenters. The monoisotopic (exact) mass is 436 g/mol. The van der Waals surface area contributed by atoms with Crippen LogP contribution in [0.1, 0.15) is 17.5 Å². The van der Waals surface area contributed by atoms with Crippen LogP contribution in [0.2, 0.25) is 10.0 Å². The van der Waals surface area contributed by atoms with E-state index in [0.29, 0.717) is 29.6 Å². The quantitative estimate of drug-likeness (QED) is 0.648. The number of aliphatic hydroxyl groups excluding tert-OH is 1. The molecule has 1 aliphatic heterocycles. The van der Waals surface area contributed by atoms with Crippen LogP contribution in [0.25, 0.3) is 0 Å². The second-order valence-corrected chi connectivity index (χ2v) is 8.22. The molecule has 156 valence electrons. The third kappa shape index (κ3) is 6.09. The molecule has 1 saturated heterocycles. The second kappa shape index (κ2) is 10.3. The Morgan fingerprint density at radius 2 is 1.83 bits per heavy atom. The Balaban J connectivity index is 1.42. The number of rotatable bonds is 9. The van der Waals surface area contributed by atoms with Gasteiger partial charge < -0.3 is 14.7 Å². The summed E-state index contributed by atoms with van der Waals surface area (Å²) in [6.45, 7) is 3.51. The van der Waals surface area contributed by atoms with Crippen LogP contribution in [-0.2, 0) is 17.9 Å². The SMILES string of the molecule is CN(CCCO)C(=O)C1CN(Cc2ccc(OCc3ccc(Cl)c(Cl)c3)cc2)C1. The highest BCUT2D eigenvalue weighted by molar-refractivity contribution is 6.42. The minimum atomic E-state index is 0.0625. The normalized spacial score (nSPS) is 14.5. The summed E-state index contributed by atoms with van der Waals surface area (Å²) >= 11 is 12.0. The van der Waals surface area contributed by atoms with Gasteiger partial charge in [0, 0.05) is 39.8 Å². The fourth-order valence-electron chi connectivity index (χ4n) is 3.33. The Bertz CT molecular complexity index is 823. The lowest BCUT2D eigenvalue weighted by Gasteiger charge is -2.40. The van der Waals surface area contributed by atoms with Crippen molar-refractivity contribution in [2.24, 2.45) is 5.92 Å². The van der Waals surface area contributed by atoms with Crippen molar-refractivity contribution in [3.8, 4) is 5.75 Å². The molecular weight excluding hydrogens is 411 g/mol. The molecule has 1 heterocycles. The number of amides is 1. The van der Waals surface area contributed by atoms with Crippen molar-refractivity contribution in [3.05, 3.63) is 63.6 Å². The molecule has 5 nitrogen and oxygen atoms in total. The van der Waals surface area contributed by atoms with E-state index in [-0.39, 0.29) is 18.4 Å². The number of carbonyl (C=O) groups is 1. The van der Waals surface area contributed by atoms with Crippen LogP contribution in [0.4, 0.5) is 0 Å². The average molecular weight is 437 g/mol. The van der Waals surface area contributed by atoms with Gasteiger partial charge in [-0.2, -0.15) is 0 Å². The first-order valence-electron chi connectivity index (χ1n) is 9.70. The zero-order valence-corrected chi connectivity index (χ0v) is 18.0. The van der Waals surface area contributed by atoms with Gasteiger partial charge in [-0.1, -0.05) is 41.4 Å². The van der Waals surface area contributed by atoms with Crippen molar-refractivity contribution in [1.82, 2.24) is 9.80 Å². The van der Waals surface area contributed by atoms with Crippen molar-refractivity contribution >= 4 is 29.1 Å². The molecule has 1 fully saturated rings. The van der Waals surface area contributed by atoms with E-state index in [4.69, 9.17) is 33.0 Å². The van der Waals surface area contributed by atoms with Crippen molar-refractivity contribution < 1.29 is 14.6 Å². The summed E-state index contributed by atoms with van der Waals surface area (Å²) in [4.78, 5) is 16.3. The maximum atomic E-state index is 12.3. The van der Waals surface area contributed by atoms with Crippen LogP contribution in [0, 0.1) is 5.92 Å². The molecule has 0 aromatic heterocycles. The lowest BCUT2D eigenvalue weighted by Crippen LogP contribution is -2.53. The topological polar surface area (TPSA) is 53.0 Å². The Morgan fingerprint density at radius 3 is 2.48 bits per heavy atom. The predicted octanol–water partition coefficient (Wildman–Crippen LogP) is 3.85. The molecule has 1 amide bonds. The van der Waals surface area contributed by atoms with Crippen LogP contribution in [-0.4, -0.2) is 54.1 Å². The number of hydrogen-bond donors (Lipinski definition) is 1. The third-order valence-corrected chi connectivity index (χ3v) is 5.79. The van der Waals surface area contributed by atoms with Crippen LogP contribution in [0.5, 0.6) is 5.75 Å². The molecule has 1 N–H and O–H groups in total. The molecular formula is C22H26Cl2N2O3. The smallest absolute Gasteiger partial charge is 0.228 e. The van der Waals surface area contributed by atoms with Gasteiger partial charge in [-0.15, -0.1) is 0 Å². The number of benzene rings is 2. The number of nitrogens with zero attached hydrogens (tertiary/aromatic N) is 2. The Labute approximate surface area is 181 Å². The number of aliphatic hydroxyl groups is 1. The minimum Gasteiger partial charge on any atom is -0.489 e.